The summed E-state index contributed by atoms with van der Waals surface area (Å²) in [5.41, 5.74) is 0. The van der Waals surface area contributed by atoms with Crippen molar-refractivity contribution < 1.29 is 13.9 Å². The molecule has 0 unspecified atom stereocenters. The first-order valence-corrected chi connectivity index (χ1v) is 3.66. The number of esters is 1. The minimum atomic E-state index is -0.432. The van der Waals surface area contributed by atoms with Gasteiger partial charge in [0.05, 0.1) is 6.26 Å². The van der Waals surface area contributed by atoms with Gasteiger partial charge in [0.15, 0.2) is 0 Å². The van der Waals surface area contributed by atoms with Gasteiger partial charge in [0.2, 0.25) is 5.76 Å². The molecule has 1 heterocycles. The van der Waals surface area contributed by atoms with Crippen molar-refractivity contribution in [3.63, 3.8) is 0 Å². The van der Waals surface area contributed by atoms with Gasteiger partial charge in [0.25, 0.3) is 0 Å². The first-order valence-electron chi connectivity index (χ1n) is 3.66. The molecule has 0 amide bonds. The molecule has 1 rings (SSSR count). The Balaban J connectivity index is 2.40. The summed E-state index contributed by atoms with van der Waals surface area (Å²) in [5.74, 6) is -0.197. The van der Waals surface area contributed by atoms with Crippen LogP contribution in [0.5, 0.6) is 0 Å². The maximum absolute atomic E-state index is 11.0. The zero-order valence-electron chi connectivity index (χ0n) is 6.82. The van der Waals surface area contributed by atoms with Crippen LogP contribution in [0.3, 0.4) is 0 Å². The third-order valence-electron chi connectivity index (χ3n) is 1.27. The highest BCUT2D eigenvalue weighted by molar-refractivity contribution is 5.86. The lowest BCUT2D eigenvalue weighted by molar-refractivity contribution is 0.0513. The second-order valence-corrected chi connectivity index (χ2v) is 2.14. The van der Waals surface area contributed by atoms with Crippen LogP contribution in [0.1, 0.15) is 17.5 Å². The number of hydrogen-bond acceptors (Lipinski definition) is 3. The number of carbonyl (C=O) groups is 1. The van der Waals surface area contributed by atoms with E-state index in [1.165, 1.54) is 6.26 Å². The summed E-state index contributed by atoms with van der Waals surface area (Å²) in [5, 5.41) is 0. The molecule has 0 atom stereocenters. The Kier molecular flexibility index (Phi) is 3.14. The highest BCUT2D eigenvalue weighted by atomic mass is 16.5. The minimum Gasteiger partial charge on any atom is -0.457 e. The van der Waals surface area contributed by atoms with Crippen molar-refractivity contribution in [2.75, 3.05) is 6.61 Å². The number of rotatable bonds is 3. The number of furan rings is 1. The normalized spacial score (nSPS) is 10.4. The van der Waals surface area contributed by atoms with Crippen molar-refractivity contribution in [1.29, 1.82) is 0 Å². The molecule has 0 spiro atoms. The SMILES string of the molecule is CC=CCOC(=O)c1ccco1. The van der Waals surface area contributed by atoms with Crippen molar-refractivity contribution >= 4 is 5.97 Å². The maximum atomic E-state index is 11.0. The Morgan fingerprint density at radius 3 is 3.17 bits per heavy atom. The lowest BCUT2D eigenvalue weighted by Crippen LogP contribution is -2.03. The molecule has 0 aromatic carbocycles. The van der Waals surface area contributed by atoms with Crippen LogP contribution in [-0.4, -0.2) is 12.6 Å². The Hall–Kier alpha value is -1.51. The van der Waals surface area contributed by atoms with E-state index in [1.54, 1.807) is 18.2 Å². The lowest BCUT2D eigenvalue weighted by atomic mass is 10.4. The second-order valence-electron chi connectivity index (χ2n) is 2.14. The molecule has 1 aromatic rings. The number of carbonyl (C=O) groups excluding carboxylic acids is 1. The second kappa shape index (κ2) is 4.38. The summed E-state index contributed by atoms with van der Waals surface area (Å²) in [6.07, 6.45) is 5.00. The first-order chi connectivity index (χ1) is 5.84. The van der Waals surface area contributed by atoms with Crippen molar-refractivity contribution in [2.24, 2.45) is 0 Å². The van der Waals surface area contributed by atoms with Gasteiger partial charge in [-0.2, -0.15) is 0 Å². The van der Waals surface area contributed by atoms with Crippen LogP contribution in [0.15, 0.2) is 35.0 Å². The van der Waals surface area contributed by atoms with Gasteiger partial charge < -0.3 is 9.15 Å². The Labute approximate surface area is 70.6 Å². The van der Waals surface area contributed by atoms with E-state index in [1.807, 2.05) is 13.0 Å². The molecule has 3 nitrogen and oxygen atoms in total. The van der Waals surface area contributed by atoms with Crippen molar-refractivity contribution in [3.8, 4) is 0 Å². The van der Waals surface area contributed by atoms with E-state index in [0.29, 0.717) is 0 Å². The van der Waals surface area contributed by atoms with E-state index in [4.69, 9.17) is 9.15 Å². The van der Waals surface area contributed by atoms with E-state index in [0.717, 1.165) is 0 Å². The average molecular weight is 166 g/mol. The summed E-state index contributed by atoms with van der Waals surface area (Å²) < 4.78 is 9.63. The molecule has 12 heavy (non-hydrogen) atoms. The van der Waals surface area contributed by atoms with Gasteiger partial charge in [0.1, 0.15) is 6.61 Å². The summed E-state index contributed by atoms with van der Waals surface area (Å²) in [6, 6.07) is 3.21. The van der Waals surface area contributed by atoms with Crippen molar-refractivity contribution in [3.05, 3.63) is 36.3 Å². The van der Waals surface area contributed by atoms with Crippen LogP contribution in [0.25, 0.3) is 0 Å². The monoisotopic (exact) mass is 166 g/mol. The fraction of sp³-hybridized carbons (Fsp3) is 0.222. The third kappa shape index (κ3) is 2.27. The minimum absolute atomic E-state index is 0.236. The van der Waals surface area contributed by atoms with Gasteiger partial charge in [-0.05, 0) is 19.1 Å². The third-order valence-corrected chi connectivity index (χ3v) is 1.27. The molecule has 0 fully saturated rings. The van der Waals surface area contributed by atoms with Gasteiger partial charge in [0, 0.05) is 0 Å². The van der Waals surface area contributed by atoms with Crippen LogP contribution >= 0.6 is 0 Å². The largest absolute Gasteiger partial charge is 0.457 e. The van der Waals surface area contributed by atoms with E-state index in [2.05, 4.69) is 0 Å². The number of hydrogen-bond donors (Lipinski definition) is 0. The molecular formula is C9H10O3. The topological polar surface area (TPSA) is 39.4 Å². The summed E-state index contributed by atoms with van der Waals surface area (Å²) >= 11 is 0. The highest BCUT2D eigenvalue weighted by Crippen LogP contribution is 2.01. The fourth-order valence-electron chi connectivity index (χ4n) is 0.686. The van der Waals surface area contributed by atoms with E-state index in [-0.39, 0.29) is 12.4 Å². The first kappa shape index (κ1) is 8.59. The standard InChI is InChI=1S/C9H10O3/c1-2-3-6-12-9(10)8-5-4-7-11-8/h2-5,7H,6H2,1H3. The summed E-state index contributed by atoms with van der Waals surface area (Å²) in [7, 11) is 0. The van der Waals surface area contributed by atoms with Gasteiger partial charge in [-0.1, -0.05) is 12.2 Å². The molecule has 0 aliphatic carbocycles. The highest BCUT2D eigenvalue weighted by Gasteiger charge is 2.07. The van der Waals surface area contributed by atoms with Crippen LogP contribution in [-0.2, 0) is 4.74 Å². The summed E-state index contributed by atoms with van der Waals surface area (Å²) in [4.78, 5) is 11.0. The average Bonchev–Trinajstić information content (AvgIpc) is 2.56. The van der Waals surface area contributed by atoms with E-state index < -0.39 is 5.97 Å². The summed E-state index contributed by atoms with van der Waals surface area (Å²) in [6.45, 7) is 2.15. The van der Waals surface area contributed by atoms with Crippen LogP contribution in [0.4, 0.5) is 0 Å². The molecule has 3 heteroatoms. The van der Waals surface area contributed by atoms with Gasteiger partial charge in [-0.3, -0.25) is 0 Å². The molecule has 0 N–H and O–H groups in total. The maximum Gasteiger partial charge on any atom is 0.374 e. The van der Waals surface area contributed by atoms with Crippen molar-refractivity contribution in [2.45, 2.75) is 6.92 Å². The van der Waals surface area contributed by atoms with Gasteiger partial charge >= 0.3 is 5.97 Å². The zero-order chi connectivity index (χ0) is 8.81. The molecule has 0 aliphatic rings. The molecule has 0 bridgehead atoms. The zero-order valence-corrected chi connectivity index (χ0v) is 6.82. The molecule has 1 aromatic heterocycles. The molecular weight excluding hydrogens is 156 g/mol. The Morgan fingerprint density at radius 1 is 1.75 bits per heavy atom. The van der Waals surface area contributed by atoms with Crippen LogP contribution in [0, 0.1) is 0 Å². The fourth-order valence-corrected chi connectivity index (χ4v) is 0.686. The van der Waals surface area contributed by atoms with Gasteiger partial charge in [-0.15, -0.1) is 0 Å². The predicted molar refractivity (Wildman–Crippen MR) is 43.8 cm³/mol. The molecule has 0 aliphatic heterocycles. The quantitative estimate of drug-likeness (QED) is 0.509. The Morgan fingerprint density at radius 2 is 2.58 bits per heavy atom. The Bertz CT molecular complexity index is 259. The lowest BCUT2D eigenvalue weighted by Gasteiger charge is -1.96. The molecule has 0 radical (unpaired) electrons. The molecule has 64 valence electrons. The van der Waals surface area contributed by atoms with Crippen LogP contribution < -0.4 is 0 Å². The van der Waals surface area contributed by atoms with E-state index in [9.17, 15) is 4.79 Å². The number of ether oxygens (including phenoxy) is 1. The number of allylic oxidation sites excluding steroid dienone is 1. The molecule has 0 saturated heterocycles. The molecule has 0 saturated carbocycles. The van der Waals surface area contributed by atoms with Crippen LogP contribution in [0.2, 0.25) is 0 Å². The predicted octanol–water partition coefficient (Wildman–Crippen LogP) is 2.01. The van der Waals surface area contributed by atoms with E-state index >= 15 is 0 Å². The van der Waals surface area contributed by atoms with Crippen molar-refractivity contribution in [1.82, 2.24) is 0 Å². The van der Waals surface area contributed by atoms with Gasteiger partial charge in [-0.25, -0.2) is 4.79 Å². The smallest absolute Gasteiger partial charge is 0.374 e.